The maximum Gasteiger partial charge on any atom is 0.162 e. The van der Waals surface area contributed by atoms with Crippen LogP contribution in [0.2, 0.25) is 0 Å². The Balaban J connectivity index is 1.86. The molecule has 0 aromatic heterocycles. The summed E-state index contributed by atoms with van der Waals surface area (Å²) in [6, 6.07) is 4.52. The second kappa shape index (κ2) is 7.70. The van der Waals surface area contributed by atoms with Gasteiger partial charge in [0.05, 0.1) is 6.10 Å². The molecule has 4 heteroatoms. The van der Waals surface area contributed by atoms with E-state index in [2.05, 4.69) is 5.32 Å². The van der Waals surface area contributed by atoms with Gasteiger partial charge in [-0.2, -0.15) is 0 Å². The van der Waals surface area contributed by atoms with Crippen molar-refractivity contribution < 1.29 is 13.5 Å². The van der Waals surface area contributed by atoms with Crippen LogP contribution < -0.4 is 5.32 Å². The highest BCUT2D eigenvalue weighted by atomic mass is 19.2. The summed E-state index contributed by atoms with van der Waals surface area (Å²) in [6.07, 6.45) is 6.22. The minimum atomic E-state index is -0.770. The zero-order valence-corrected chi connectivity index (χ0v) is 12.0. The minimum absolute atomic E-state index is 0.150. The Morgan fingerprint density at radius 3 is 2.90 bits per heavy atom. The molecule has 1 aliphatic heterocycles. The van der Waals surface area contributed by atoms with Gasteiger partial charge in [0, 0.05) is 12.6 Å². The topological polar surface area (TPSA) is 21.3 Å². The van der Waals surface area contributed by atoms with Crippen LogP contribution >= 0.6 is 0 Å². The molecule has 1 fully saturated rings. The van der Waals surface area contributed by atoms with E-state index in [0.29, 0.717) is 18.1 Å². The molecular formula is C16H23F2NO. The first-order valence-electron chi connectivity index (χ1n) is 7.42. The predicted octanol–water partition coefficient (Wildman–Crippen LogP) is 3.44. The molecule has 1 N–H and O–H groups in total. The molecule has 1 saturated heterocycles. The van der Waals surface area contributed by atoms with Crippen molar-refractivity contribution in [3.8, 4) is 0 Å². The SMILES string of the molecule is CNC(CCC1CCCCO1)Cc1cccc(F)c1F. The molecule has 2 rings (SSSR count). The number of hydrogen-bond donors (Lipinski definition) is 1. The van der Waals surface area contributed by atoms with Crippen molar-refractivity contribution >= 4 is 0 Å². The Morgan fingerprint density at radius 2 is 2.20 bits per heavy atom. The average Bonchev–Trinajstić information content (AvgIpc) is 2.49. The van der Waals surface area contributed by atoms with Gasteiger partial charge in [0.25, 0.3) is 0 Å². The third kappa shape index (κ3) is 4.25. The quantitative estimate of drug-likeness (QED) is 0.863. The summed E-state index contributed by atoms with van der Waals surface area (Å²) in [5.41, 5.74) is 0.439. The number of rotatable bonds is 6. The summed E-state index contributed by atoms with van der Waals surface area (Å²) < 4.78 is 32.6. The van der Waals surface area contributed by atoms with Crippen LogP contribution in [0.15, 0.2) is 18.2 Å². The van der Waals surface area contributed by atoms with Gasteiger partial charge < -0.3 is 10.1 Å². The van der Waals surface area contributed by atoms with Crippen LogP contribution in [0.4, 0.5) is 8.78 Å². The van der Waals surface area contributed by atoms with Crippen molar-refractivity contribution in [3.63, 3.8) is 0 Å². The largest absolute Gasteiger partial charge is 0.378 e. The smallest absolute Gasteiger partial charge is 0.162 e. The van der Waals surface area contributed by atoms with E-state index >= 15 is 0 Å². The summed E-state index contributed by atoms with van der Waals surface area (Å²) in [5, 5.41) is 3.19. The fraction of sp³-hybridized carbons (Fsp3) is 0.625. The van der Waals surface area contributed by atoms with Crippen molar-refractivity contribution in [1.29, 1.82) is 0 Å². The summed E-state index contributed by atoms with van der Waals surface area (Å²) in [5.74, 6) is -1.49. The van der Waals surface area contributed by atoms with Crippen LogP contribution in [0.5, 0.6) is 0 Å². The van der Waals surface area contributed by atoms with Crippen LogP contribution in [0.1, 0.15) is 37.7 Å². The Morgan fingerprint density at radius 1 is 1.35 bits per heavy atom. The predicted molar refractivity (Wildman–Crippen MR) is 75.7 cm³/mol. The maximum atomic E-state index is 13.7. The van der Waals surface area contributed by atoms with Gasteiger partial charge in [-0.15, -0.1) is 0 Å². The molecule has 2 unspecified atom stereocenters. The minimum Gasteiger partial charge on any atom is -0.378 e. The molecule has 1 aromatic rings. The second-order valence-corrected chi connectivity index (χ2v) is 5.47. The first-order chi connectivity index (χ1) is 9.70. The molecule has 0 saturated carbocycles. The van der Waals surface area contributed by atoms with Gasteiger partial charge in [0.2, 0.25) is 0 Å². The Bertz CT molecular complexity index is 419. The molecule has 0 bridgehead atoms. The zero-order chi connectivity index (χ0) is 14.4. The monoisotopic (exact) mass is 283 g/mol. The third-order valence-electron chi connectivity index (χ3n) is 4.02. The van der Waals surface area contributed by atoms with E-state index in [1.54, 1.807) is 12.1 Å². The average molecular weight is 283 g/mol. The standard InChI is InChI=1S/C16H23F2NO/c1-19-13(8-9-14-6-2-3-10-20-14)11-12-5-4-7-15(17)16(12)18/h4-5,7,13-14,19H,2-3,6,8-11H2,1H3. The summed E-state index contributed by atoms with van der Waals surface area (Å²) in [6.45, 7) is 0.855. The Kier molecular flexibility index (Phi) is 5.92. The van der Waals surface area contributed by atoms with E-state index in [1.807, 2.05) is 7.05 Å². The molecule has 2 nitrogen and oxygen atoms in total. The molecule has 1 heterocycles. The molecular weight excluding hydrogens is 260 g/mol. The molecule has 0 aliphatic carbocycles. The van der Waals surface area contributed by atoms with E-state index < -0.39 is 11.6 Å². The Labute approximate surface area is 119 Å². The second-order valence-electron chi connectivity index (χ2n) is 5.47. The van der Waals surface area contributed by atoms with E-state index in [1.165, 1.54) is 6.42 Å². The third-order valence-corrected chi connectivity index (χ3v) is 4.02. The number of hydrogen-bond acceptors (Lipinski definition) is 2. The lowest BCUT2D eigenvalue weighted by Gasteiger charge is -2.25. The molecule has 0 spiro atoms. The molecule has 1 aromatic carbocycles. The van der Waals surface area contributed by atoms with Crippen molar-refractivity contribution in [3.05, 3.63) is 35.4 Å². The van der Waals surface area contributed by atoms with Gasteiger partial charge in [-0.1, -0.05) is 12.1 Å². The molecule has 2 atom stereocenters. The van der Waals surface area contributed by atoms with Crippen LogP contribution in [0.25, 0.3) is 0 Å². The molecule has 0 radical (unpaired) electrons. The number of ether oxygens (including phenoxy) is 1. The van der Waals surface area contributed by atoms with Gasteiger partial charge >= 0.3 is 0 Å². The van der Waals surface area contributed by atoms with Crippen LogP contribution in [0.3, 0.4) is 0 Å². The van der Waals surface area contributed by atoms with E-state index in [9.17, 15) is 8.78 Å². The van der Waals surface area contributed by atoms with Gasteiger partial charge in [0.15, 0.2) is 11.6 Å². The molecule has 112 valence electrons. The van der Waals surface area contributed by atoms with Crippen molar-refractivity contribution in [2.24, 2.45) is 0 Å². The van der Waals surface area contributed by atoms with Crippen molar-refractivity contribution in [2.75, 3.05) is 13.7 Å². The van der Waals surface area contributed by atoms with E-state index in [0.717, 1.165) is 38.4 Å². The normalized spacial score (nSPS) is 20.9. The highest BCUT2D eigenvalue weighted by Crippen LogP contribution is 2.20. The highest BCUT2D eigenvalue weighted by molar-refractivity contribution is 5.20. The van der Waals surface area contributed by atoms with Crippen LogP contribution in [-0.4, -0.2) is 25.8 Å². The summed E-state index contributed by atoms with van der Waals surface area (Å²) >= 11 is 0. The van der Waals surface area contributed by atoms with Gasteiger partial charge in [-0.25, -0.2) is 8.78 Å². The Hall–Kier alpha value is -1.00. The van der Waals surface area contributed by atoms with Gasteiger partial charge in [-0.3, -0.25) is 0 Å². The maximum absolute atomic E-state index is 13.7. The fourth-order valence-corrected chi connectivity index (χ4v) is 2.74. The van der Waals surface area contributed by atoms with E-state index in [-0.39, 0.29) is 6.04 Å². The first-order valence-corrected chi connectivity index (χ1v) is 7.42. The molecule has 0 amide bonds. The number of nitrogens with one attached hydrogen (secondary N) is 1. The highest BCUT2D eigenvalue weighted by Gasteiger charge is 2.18. The number of benzene rings is 1. The first kappa shape index (κ1) is 15.4. The van der Waals surface area contributed by atoms with Crippen LogP contribution in [0, 0.1) is 11.6 Å². The van der Waals surface area contributed by atoms with E-state index in [4.69, 9.17) is 4.74 Å². The lowest BCUT2D eigenvalue weighted by Crippen LogP contribution is -2.30. The zero-order valence-electron chi connectivity index (χ0n) is 12.0. The molecule has 1 aliphatic rings. The lowest BCUT2D eigenvalue weighted by molar-refractivity contribution is 0.00869. The van der Waals surface area contributed by atoms with Gasteiger partial charge in [0.1, 0.15) is 0 Å². The fourth-order valence-electron chi connectivity index (χ4n) is 2.74. The van der Waals surface area contributed by atoms with Gasteiger partial charge in [-0.05, 0) is 57.2 Å². The summed E-state index contributed by atoms with van der Waals surface area (Å²) in [7, 11) is 1.86. The van der Waals surface area contributed by atoms with Crippen LogP contribution in [-0.2, 0) is 11.2 Å². The molecule has 20 heavy (non-hydrogen) atoms. The van der Waals surface area contributed by atoms with Crippen molar-refractivity contribution in [1.82, 2.24) is 5.32 Å². The summed E-state index contributed by atoms with van der Waals surface area (Å²) in [4.78, 5) is 0. The number of halogens is 2. The lowest BCUT2D eigenvalue weighted by atomic mass is 9.97. The van der Waals surface area contributed by atoms with Crippen molar-refractivity contribution in [2.45, 2.75) is 50.7 Å². The number of likely N-dealkylation sites (N-methyl/N-ethyl adjacent to an activating group) is 1.